The van der Waals surface area contributed by atoms with Crippen molar-refractivity contribution in [3.8, 4) is 11.5 Å². The van der Waals surface area contributed by atoms with Crippen molar-refractivity contribution in [2.24, 2.45) is 0 Å². The highest BCUT2D eigenvalue weighted by Crippen LogP contribution is 2.38. The van der Waals surface area contributed by atoms with E-state index in [0.29, 0.717) is 29.7 Å². The summed E-state index contributed by atoms with van der Waals surface area (Å²) in [7, 11) is 0. The molecule has 2 aliphatic rings. The maximum Gasteiger partial charge on any atom is 0.247 e. The van der Waals surface area contributed by atoms with Crippen LogP contribution in [0.5, 0.6) is 11.5 Å². The molecular weight excluding hydrogens is 370 g/mol. The quantitative estimate of drug-likeness (QED) is 0.697. The molecule has 4 nitrogen and oxygen atoms in total. The molecule has 2 aliphatic heterocycles. The average molecular weight is 390 g/mol. The lowest BCUT2D eigenvalue weighted by Gasteiger charge is -2.32. The van der Waals surface area contributed by atoms with Crippen LogP contribution in [0.1, 0.15) is 35.4 Å². The number of carbonyl (C=O) groups excluding carboxylic acids is 1. The third-order valence-electron chi connectivity index (χ3n) is 4.80. The summed E-state index contributed by atoms with van der Waals surface area (Å²) >= 11 is 8.09. The zero-order valence-electron chi connectivity index (χ0n) is 14.5. The van der Waals surface area contributed by atoms with Crippen molar-refractivity contribution in [2.75, 3.05) is 19.8 Å². The molecule has 2 aromatic rings. The molecule has 6 heteroatoms. The lowest BCUT2D eigenvalue weighted by atomic mass is 10.0. The molecule has 136 valence electrons. The Morgan fingerprint density at radius 2 is 2.19 bits per heavy atom. The number of fused-ring (bicyclic) bond motifs is 2. The monoisotopic (exact) mass is 389 g/mol. The van der Waals surface area contributed by atoms with Gasteiger partial charge in [-0.25, -0.2) is 0 Å². The molecule has 0 saturated carbocycles. The van der Waals surface area contributed by atoms with Crippen molar-refractivity contribution < 1.29 is 14.3 Å². The predicted molar refractivity (Wildman–Crippen MR) is 104 cm³/mol. The second-order valence-electron chi connectivity index (χ2n) is 6.47. The van der Waals surface area contributed by atoms with Gasteiger partial charge < -0.3 is 14.4 Å². The van der Waals surface area contributed by atoms with Gasteiger partial charge >= 0.3 is 0 Å². The van der Waals surface area contributed by atoms with Crippen molar-refractivity contribution in [1.82, 2.24) is 4.90 Å². The molecule has 0 radical (unpaired) electrons. The summed E-state index contributed by atoms with van der Waals surface area (Å²) in [4.78, 5) is 16.0. The largest absolute Gasteiger partial charge is 0.489 e. The van der Waals surface area contributed by atoms with Gasteiger partial charge in [0.1, 0.15) is 0 Å². The van der Waals surface area contributed by atoms with Gasteiger partial charge in [0.2, 0.25) is 5.91 Å². The van der Waals surface area contributed by atoms with E-state index in [1.54, 1.807) is 29.6 Å². The number of nitrogens with zero attached hydrogens (tertiary/aromatic N) is 1. The molecular formula is C20H20ClNO3S. The van der Waals surface area contributed by atoms with Gasteiger partial charge in [-0.05, 0) is 54.1 Å². The maximum absolute atomic E-state index is 12.7. The summed E-state index contributed by atoms with van der Waals surface area (Å²) in [5.41, 5.74) is 2.09. The minimum atomic E-state index is 0.0117. The number of rotatable bonds is 2. The first-order chi connectivity index (χ1) is 12.6. The first-order valence-electron chi connectivity index (χ1n) is 8.77. The van der Waals surface area contributed by atoms with E-state index in [2.05, 4.69) is 18.4 Å². The molecule has 0 aliphatic carbocycles. The van der Waals surface area contributed by atoms with Crippen molar-refractivity contribution in [3.63, 3.8) is 0 Å². The molecule has 0 spiro atoms. The highest BCUT2D eigenvalue weighted by molar-refractivity contribution is 7.10. The van der Waals surface area contributed by atoms with Gasteiger partial charge in [-0.15, -0.1) is 11.3 Å². The number of hydrogen-bond acceptors (Lipinski definition) is 4. The molecule has 0 fully saturated rings. The van der Waals surface area contributed by atoms with E-state index in [1.807, 2.05) is 11.0 Å². The number of carbonyl (C=O) groups is 1. The van der Waals surface area contributed by atoms with E-state index in [9.17, 15) is 4.79 Å². The Morgan fingerprint density at radius 1 is 1.35 bits per heavy atom. The van der Waals surface area contributed by atoms with Crippen LogP contribution in [0.2, 0.25) is 5.02 Å². The van der Waals surface area contributed by atoms with Crippen LogP contribution < -0.4 is 9.47 Å². The lowest BCUT2D eigenvalue weighted by Crippen LogP contribution is -2.37. The Balaban J connectivity index is 1.52. The molecule has 1 aromatic heterocycles. The fourth-order valence-electron chi connectivity index (χ4n) is 3.42. The Hall–Kier alpha value is -1.98. The van der Waals surface area contributed by atoms with E-state index in [-0.39, 0.29) is 11.9 Å². The van der Waals surface area contributed by atoms with Crippen molar-refractivity contribution >= 4 is 34.9 Å². The summed E-state index contributed by atoms with van der Waals surface area (Å²) in [6, 6.07) is 5.90. The smallest absolute Gasteiger partial charge is 0.247 e. The number of thiophene rings is 1. The standard InChI is InChI=1S/C20H20ClNO3S/c1-13-15-6-10-26-18(15)5-7-22(13)19(23)4-3-14-11-16(21)20-17(12-14)24-8-2-9-25-20/h3-4,6,10-13H,2,5,7-9H2,1H3/b4-3+. The summed E-state index contributed by atoms with van der Waals surface area (Å²) in [5, 5.41) is 2.61. The van der Waals surface area contributed by atoms with Gasteiger partial charge in [-0.3, -0.25) is 4.79 Å². The molecule has 1 aromatic carbocycles. The number of benzene rings is 1. The second-order valence-corrected chi connectivity index (χ2v) is 7.88. The van der Waals surface area contributed by atoms with Crippen LogP contribution in [-0.2, 0) is 11.2 Å². The van der Waals surface area contributed by atoms with Crippen LogP contribution in [0.3, 0.4) is 0 Å². The van der Waals surface area contributed by atoms with Crippen LogP contribution in [0.4, 0.5) is 0 Å². The highest BCUT2D eigenvalue weighted by Gasteiger charge is 2.27. The Labute approximate surface area is 162 Å². The van der Waals surface area contributed by atoms with Crippen molar-refractivity contribution in [2.45, 2.75) is 25.8 Å². The summed E-state index contributed by atoms with van der Waals surface area (Å²) in [5.74, 6) is 1.23. The minimum Gasteiger partial charge on any atom is -0.489 e. The average Bonchev–Trinajstić information content (AvgIpc) is 2.98. The van der Waals surface area contributed by atoms with Crippen LogP contribution in [0.15, 0.2) is 29.7 Å². The van der Waals surface area contributed by atoms with Gasteiger partial charge in [-0.2, -0.15) is 0 Å². The predicted octanol–water partition coefficient (Wildman–Crippen LogP) is 4.72. The third kappa shape index (κ3) is 3.33. The van der Waals surface area contributed by atoms with Gasteiger partial charge in [0.15, 0.2) is 11.5 Å². The number of ether oxygens (including phenoxy) is 2. The topological polar surface area (TPSA) is 38.8 Å². The molecule has 26 heavy (non-hydrogen) atoms. The third-order valence-corrected chi connectivity index (χ3v) is 6.08. The molecule has 0 bridgehead atoms. The van der Waals surface area contributed by atoms with E-state index >= 15 is 0 Å². The van der Waals surface area contributed by atoms with Gasteiger partial charge in [0, 0.05) is 23.9 Å². The first kappa shape index (κ1) is 17.4. The Morgan fingerprint density at radius 3 is 3.08 bits per heavy atom. The molecule has 0 N–H and O–H groups in total. The van der Waals surface area contributed by atoms with E-state index < -0.39 is 0 Å². The zero-order chi connectivity index (χ0) is 18.1. The fourth-order valence-corrected chi connectivity index (χ4v) is 4.66. The van der Waals surface area contributed by atoms with Crippen LogP contribution in [0, 0.1) is 0 Å². The summed E-state index contributed by atoms with van der Waals surface area (Å²) in [6.45, 7) is 4.03. The maximum atomic E-state index is 12.7. The Kier molecular flexibility index (Phi) is 4.92. The van der Waals surface area contributed by atoms with E-state index in [0.717, 1.165) is 24.9 Å². The van der Waals surface area contributed by atoms with Crippen molar-refractivity contribution in [1.29, 1.82) is 0 Å². The van der Waals surface area contributed by atoms with Gasteiger partial charge in [0.05, 0.1) is 24.3 Å². The van der Waals surface area contributed by atoms with Crippen molar-refractivity contribution in [3.05, 3.63) is 50.7 Å². The molecule has 3 heterocycles. The number of halogens is 1. The summed E-state index contributed by atoms with van der Waals surface area (Å²) in [6.07, 6.45) is 5.15. The minimum absolute atomic E-state index is 0.0117. The SMILES string of the molecule is CC1c2ccsc2CCN1C(=O)/C=C/c1cc(Cl)c2c(c1)OCCCO2. The normalized spacial score (nSPS) is 19.3. The number of hydrogen-bond donors (Lipinski definition) is 0. The van der Waals surface area contributed by atoms with Gasteiger partial charge in [-0.1, -0.05) is 11.6 Å². The van der Waals surface area contributed by atoms with E-state index in [4.69, 9.17) is 21.1 Å². The Bertz CT molecular complexity index is 861. The summed E-state index contributed by atoms with van der Waals surface area (Å²) < 4.78 is 11.3. The fraction of sp³-hybridized carbons (Fsp3) is 0.350. The van der Waals surface area contributed by atoms with Crippen LogP contribution in [0.25, 0.3) is 6.08 Å². The molecule has 1 amide bonds. The van der Waals surface area contributed by atoms with Crippen LogP contribution in [-0.4, -0.2) is 30.6 Å². The van der Waals surface area contributed by atoms with Gasteiger partial charge in [0.25, 0.3) is 0 Å². The lowest BCUT2D eigenvalue weighted by molar-refractivity contribution is -0.128. The second kappa shape index (κ2) is 7.33. The zero-order valence-corrected chi connectivity index (χ0v) is 16.1. The first-order valence-corrected chi connectivity index (χ1v) is 10.0. The molecule has 0 saturated heterocycles. The highest BCUT2D eigenvalue weighted by atomic mass is 35.5. The van der Waals surface area contributed by atoms with Crippen LogP contribution >= 0.6 is 22.9 Å². The van der Waals surface area contributed by atoms with E-state index in [1.165, 1.54) is 10.4 Å². The number of amides is 1. The molecule has 1 atom stereocenters. The molecule has 1 unspecified atom stereocenters. The molecule has 4 rings (SSSR count).